The quantitative estimate of drug-likeness (QED) is 0.869. The molecule has 2 aromatic rings. The Morgan fingerprint density at radius 2 is 2.16 bits per heavy atom. The third kappa shape index (κ3) is 3.14. The Hall–Kier alpha value is -1.82. The van der Waals surface area contributed by atoms with Gasteiger partial charge in [0.1, 0.15) is 5.56 Å². The molecule has 2 heterocycles. The lowest BCUT2D eigenvalue weighted by molar-refractivity contribution is 0.0696. The Morgan fingerprint density at radius 1 is 1.42 bits per heavy atom. The number of aromatic nitrogens is 3. The minimum Gasteiger partial charge on any atom is -0.478 e. The summed E-state index contributed by atoms with van der Waals surface area (Å²) in [4.78, 5) is 15.5. The summed E-state index contributed by atoms with van der Waals surface area (Å²) in [7, 11) is 1.75. The number of aromatic carboxylic acids is 1. The molecule has 6 heteroatoms. The molecule has 100 valence electrons. The van der Waals surface area contributed by atoms with Crippen LogP contribution in [-0.4, -0.2) is 25.8 Å². The van der Waals surface area contributed by atoms with E-state index in [4.69, 9.17) is 5.11 Å². The average Bonchev–Trinajstić information content (AvgIpc) is 2.67. The van der Waals surface area contributed by atoms with Crippen molar-refractivity contribution in [3.05, 3.63) is 40.8 Å². The molecule has 2 rings (SSSR count). The SMILES string of the molecule is Cc1cc(C)nc(SCc2c(C(=O)O)cnn2C)c1. The van der Waals surface area contributed by atoms with Gasteiger partial charge >= 0.3 is 5.97 Å². The molecule has 0 amide bonds. The number of aryl methyl sites for hydroxylation is 3. The van der Waals surface area contributed by atoms with Gasteiger partial charge in [-0.15, -0.1) is 11.8 Å². The lowest BCUT2D eigenvalue weighted by Gasteiger charge is -2.05. The maximum atomic E-state index is 11.1. The highest BCUT2D eigenvalue weighted by atomic mass is 32.2. The summed E-state index contributed by atoms with van der Waals surface area (Å²) in [5, 5.41) is 14.0. The second kappa shape index (κ2) is 5.44. The Bertz CT molecular complexity index is 602. The molecule has 0 aliphatic carbocycles. The van der Waals surface area contributed by atoms with E-state index in [0.29, 0.717) is 11.4 Å². The van der Waals surface area contributed by atoms with Gasteiger partial charge in [-0.2, -0.15) is 5.10 Å². The van der Waals surface area contributed by atoms with Crippen LogP contribution in [0, 0.1) is 13.8 Å². The first-order valence-electron chi connectivity index (χ1n) is 5.79. The summed E-state index contributed by atoms with van der Waals surface area (Å²) in [5.41, 5.74) is 3.06. The predicted octanol–water partition coefficient (Wildman–Crippen LogP) is 2.42. The van der Waals surface area contributed by atoms with Gasteiger partial charge in [-0.25, -0.2) is 9.78 Å². The van der Waals surface area contributed by atoms with E-state index in [-0.39, 0.29) is 5.56 Å². The summed E-state index contributed by atoms with van der Waals surface area (Å²) >= 11 is 1.52. The second-order valence-electron chi connectivity index (χ2n) is 4.35. The molecule has 5 nitrogen and oxygen atoms in total. The number of carboxylic acid groups (broad SMARTS) is 1. The van der Waals surface area contributed by atoms with E-state index in [9.17, 15) is 4.79 Å². The monoisotopic (exact) mass is 277 g/mol. The summed E-state index contributed by atoms with van der Waals surface area (Å²) in [6.45, 7) is 3.97. The van der Waals surface area contributed by atoms with Gasteiger partial charge in [-0.05, 0) is 31.5 Å². The van der Waals surface area contributed by atoms with Crippen molar-refractivity contribution in [1.82, 2.24) is 14.8 Å². The Balaban J connectivity index is 2.18. The zero-order valence-electron chi connectivity index (χ0n) is 11.0. The molecular formula is C13H15N3O2S. The molecule has 0 unspecified atom stereocenters. The van der Waals surface area contributed by atoms with Gasteiger partial charge in [-0.3, -0.25) is 4.68 Å². The zero-order valence-corrected chi connectivity index (χ0v) is 11.9. The van der Waals surface area contributed by atoms with Crippen molar-refractivity contribution in [3.8, 4) is 0 Å². The van der Waals surface area contributed by atoms with Crippen molar-refractivity contribution in [2.75, 3.05) is 0 Å². The molecule has 0 spiro atoms. The fourth-order valence-electron chi connectivity index (χ4n) is 1.83. The van der Waals surface area contributed by atoms with Crippen LogP contribution in [0.25, 0.3) is 0 Å². The van der Waals surface area contributed by atoms with E-state index >= 15 is 0 Å². The standard InChI is InChI=1S/C13H15N3O2S/c1-8-4-9(2)15-12(5-8)19-7-11-10(13(17)18)6-14-16(11)3/h4-6H,7H2,1-3H3,(H,17,18). The van der Waals surface area contributed by atoms with E-state index < -0.39 is 5.97 Å². The molecule has 2 aromatic heterocycles. The van der Waals surface area contributed by atoms with Crippen molar-refractivity contribution in [2.45, 2.75) is 24.6 Å². The van der Waals surface area contributed by atoms with Crippen molar-refractivity contribution < 1.29 is 9.90 Å². The lowest BCUT2D eigenvalue weighted by atomic mass is 10.2. The summed E-state index contributed by atoms with van der Waals surface area (Å²) < 4.78 is 1.60. The molecule has 0 radical (unpaired) electrons. The predicted molar refractivity (Wildman–Crippen MR) is 73.4 cm³/mol. The Morgan fingerprint density at radius 3 is 2.79 bits per heavy atom. The highest BCUT2D eigenvalue weighted by Crippen LogP contribution is 2.23. The highest BCUT2D eigenvalue weighted by Gasteiger charge is 2.15. The first-order chi connectivity index (χ1) is 8.97. The molecule has 0 aliphatic rings. The van der Waals surface area contributed by atoms with E-state index in [2.05, 4.69) is 10.1 Å². The molecule has 0 saturated carbocycles. The highest BCUT2D eigenvalue weighted by molar-refractivity contribution is 7.98. The molecule has 0 aliphatic heterocycles. The molecule has 0 atom stereocenters. The van der Waals surface area contributed by atoms with Crippen molar-refractivity contribution in [1.29, 1.82) is 0 Å². The first-order valence-corrected chi connectivity index (χ1v) is 6.78. The normalized spacial score (nSPS) is 10.7. The van der Waals surface area contributed by atoms with Crippen molar-refractivity contribution in [3.63, 3.8) is 0 Å². The van der Waals surface area contributed by atoms with Crippen molar-refractivity contribution >= 4 is 17.7 Å². The number of nitrogens with zero attached hydrogens (tertiary/aromatic N) is 3. The Labute approximate surface area is 115 Å². The van der Waals surface area contributed by atoms with Crippen molar-refractivity contribution in [2.24, 2.45) is 7.05 Å². The molecule has 0 bridgehead atoms. The summed E-state index contributed by atoms with van der Waals surface area (Å²) in [6.07, 6.45) is 1.38. The number of rotatable bonds is 4. The minimum absolute atomic E-state index is 0.249. The van der Waals surface area contributed by atoms with E-state index in [0.717, 1.165) is 16.3 Å². The van der Waals surface area contributed by atoms with Crippen LogP contribution < -0.4 is 0 Å². The van der Waals surface area contributed by atoms with Crippen LogP contribution in [0.4, 0.5) is 0 Å². The topological polar surface area (TPSA) is 68.0 Å². The number of hydrogen-bond acceptors (Lipinski definition) is 4. The van der Waals surface area contributed by atoms with Crippen LogP contribution in [0.5, 0.6) is 0 Å². The van der Waals surface area contributed by atoms with E-state index in [1.807, 2.05) is 26.0 Å². The molecule has 19 heavy (non-hydrogen) atoms. The summed E-state index contributed by atoms with van der Waals surface area (Å²) in [5.74, 6) is -0.411. The van der Waals surface area contributed by atoms with Gasteiger partial charge in [0.2, 0.25) is 0 Å². The van der Waals surface area contributed by atoms with Gasteiger partial charge in [0, 0.05) is 18.5 Å². The first kappa shape index (κ1) is 13.6. The van der Waals surface area contributed by atoms with Crippen LogP contribution in [-0.2, 0) is 12.8 Å². The number of pyridine rings is 1. The Kier molecular flexibility index (Phi) is 3.90. The van der Waals surface area contributed by atoms with Gasteiger partial charge in [0.15, 0.2) is 0 Å². The third-order valence-electron chi connectivity index (χ3n) is 2.72. The average molecular weight is 277 g/mol. The molecule has 0 aromatic carbocycles. The summed E-state index contributed by atoms with van der Waals surface area (Å²) in [6, 6.07) is 4.01. The van der Waals surface area contributed by atoms with Crippen LogP contribution in [0.2, 0.25) is 0 Å². The lowest BCUT2D eigenvalue weighted by Crippen LogP contribution is -2.03. The van der Waals surface area contributed by atoms with Crippen LogP contribution >= 0.6 is 11.8 Å². The largest absolute Gasteiger partial charge is 0.478 e. The van der Waals surface area contributed by atoms with Gasteiger partial charge < -0.3 is 5.11 Å². The second-order valence-corrected chi connectivity index (χ2v) is 5.34. The molecule has 1 N–H and O–H groups in total. The van der Waals surface area contributed by atoms with Gasteiger partial charge in [0.25, 0.3) is 0 Å². The van der Waals surface area contributed by atoms with Crippen LogP contribution in [0.3, 0.4) is 0 Å². The molecule has 0 fully saturated rings. The number of carboxylic acids is 1. The number of thioether (sulfide) groups is 1. The molecule has 0 saturated heterocycles. The maximum Gasteiger partial charge on any atom is 0.339 e. The third-order valence-corrected chi connectivity index (χ3v) is 3.65. The van der Waals surface area contributed by atoms with Crippen LogP contribution in [0.15, 0.2) is 23.4 Å². The van der Waals surface area contributed by atoms with E-state index in [1.54, 1.807) is 11.7 Å². The fourth-order valence-corrected chi connectivity index (χ4v) is 2.94. The smallest absolute Gasteiger partial charge is 0.339 e. The van der Waals surface area contributed by atoms with E-state index in [1.165, 1.54) is 18.0 Å². The van der Waals surface area contributed by atoms with Gasteiger partial charge in [0.05, 0.1) is 16.9 Å². The van der Waals surface area contributed by atoms with Crippen LogP contribution in [0.1, 0.15) is 27.3 Å². The zero-order chi connectivity index (χ0) is 14.0. The van der Waals surface area contributed by atoms with Gasteiger partial charge in [-0.1, -0.05) is 0 Å². The number of hydrogen-bond donors (Lipinski definition) is 1. The maximum absolute atomic E-state index is 11.1. The fraction of sp³-hybridized carbons (Fsp3) is 0.308. The minimum atomic E-state index is -0.947. The number of carbonyl (C=O) groups is 1. The molecular weight excluding hydrogens is 262 g/mol.